The number of nitrogens with zero attached hydrogens (tertiary/aromatic N) is 6. The van der Waals surface area contributed by atoms with Gasteiger partial charge >= 0.3 is 0 Å². The van der Waals surface area contributed by atoms with E-state index in [1.54, 1.807) is 6.20 Å². The van der Waals surface area contributed by atoms with Gasteiger partial charge in [-0.25, -0.2) is 14.5 Å². The van der Waals surface area contributed by atoms with E-state index < -0.39 is 0 Å². The van der Waals surface area contributed by atoms with Crippen molar-refractivity contribution in [3.63, 3.8) is 0 Å². The molecule has 0 N–H and O–H groups in total. The van der Waals surface area contributed by atoms with E-state index in [2.05, 4.69) is 35.0 Å². The summed E-state index contributed by atoms with van der Waals surface area (Å²) in [5, 5.41) is 5.46. The lowest BCUT2D eigenvalue weighted by molar-refractivity contribution is -0.128. The second kappa shape index (κ2) is 9.23. The lowest BCUT2D eigenvalue weighted by Crippen LogP contribution is -2.49. The topological polar surface area (TPSA) is 66.6 Å². The Hall–Kier alpha value is -3.39. The summed E-state index contributed by atoms with van der Waals surface area (Å²) in [4.78, 5) is 26.5. The smallest absolute Gasteiger partial charge is 0.233 e. The summed E-state index contributed by atoms with van der Waals surface area (Å²) >= 11 is 1.45. The van der Waals surface area contributed by atoms with Gasteiger partial charge in [0.15, 0.2) is 5.16 Å². The van der Waals surface area contributed by atoms with Crippen LogP contribution in [0.15, 0.2) is 66.0 Å². The average molecular weight is 459 g/mol. The molecule has 7 nitrogen and oxygen atoms in total. The molecule has 0 radical (unpaired) electrons. The van der Waals surface area contributed by atoms with Crippen LogP contribution in [0.4, 0.5) is 5.82 Å². The minimum atomic E-state index is 0.128. The van der Waals surface area contributed by atoms with Crippen molar-refractivity contribution in [2.45, 2.75) is 19.0 Å². The maximum Gasteiger partial charge on any atom is 0.233 e. The van der Waals surface area contributed by atoms with Crippen LogP contribution in [0.5, 0.6) is 0 Å². The second-order valence-corrected chi connectivity index (χ2v) is 9.13. The number of imidazole rings is 1. The molecule has 0 atom stereocenters. The molecule has 168 valence electrons. The zero-order valence-corrected chi connectivity index (χ0v) is 19.6. The molecule has 5 rings (SSSR count). The van der Waals surface area contributed by atoms with Crippen molar-refractivity contribution < 1.29 is 4.79 Å². The van der Waals surface area contributed by atoms with Gasteiger partial charge in [-0.2, -0.15) is 5.10 Å². The van der Waals surface area contributed by atoms with Gasteiger partial charge in [0.2, 0.25) is 5.91 Å². The number of benzene rings is 1. The maximum atomic E-state index is 13.0. The van der Waals surface area contributed by atoms with E-state index in [1.165, 1.54) is 11.8 Å². The minimum Gasteiger partial charge on any atom is -0.353 e. The molecule has 0 spiro atoms. The highest BCUT2D eigenvalue weighted by atomic mass is 32.2. The quantitative estimate of drug-likeness (QED) is 0.423. The number of thioether (sulfide) groups is 1. The predicted molar refractivity (Wildman–Crippen MR) is 132 cm³/mol. The highest BCUT2D eigenvalue weighted by Crippen LogP contribution is 2.31. The van der Waals surface area contributed by atoms with Crippen LogP contribution in [0.1, 0.15) is 11.3 Å². The Morgan fingerprint density at radius 1 is 1.00 bits per heavy atom. The lowest BCUT2D eigenvalue weighted by Gasteiger charge is -2.35. The van der Waals surface area contributed by atoms with E-state index in [1.807, 2.05) is 52.7 Å². The van der Waals surface area contributed by atoms with E-state index in [0.717, 1.165) is 52.1 Å². The van der Waals surface area contributed by atoms with Gasteiger partial charge in [-0.15, -0.1) is 0 Å². The number of anilines is 1. The van der Waals surface area contributed by atoms with Crippen LogP contribution in [0.25, 0.3) is 16.8 Å². The molecule has 1 aromatic carbocycles. The fraction of sp³-hybridized carbons (Fsp3) is 0.280. The van der Waals surface area contributed by atoms with Crippen molar-refractivity contribution in [3.05, 3.63) is 72.1 Å². The van der Waals surface area contributed by atoms with Crippen molar-refractivity contribution >= 4 is 29.0 Å². The van der Waals surface area contributed by atoms with Gasteiger partial charge in [-0.3, -0.25) is 4.79 Å². The largest absolute Gasteiger partial charge is 0.353 e. The Morgan fingerprint density at radius 3 is 2.48 bits per heavy atom. The van der Waals surface area contributed by atoms with Crippen LogP contribution in [-0.2, 0) is 4.79 Å². The molecule has 1 aliphatic heterocycles. The van der Waals surface area contributed by atoms with Crippen LogP contribution in [-0.4, -0.2) is 62.3 Å². The number of carbonyl (C=O) groups is 1. The number of rotatable bonds is 5. The van der Waals surface area contributed by atoms with Gasteiger partial charge < -0.3 is 9.80 Å². The Bertz CT molecular complexity index is 1270. The van der Waals surface area contributed by atoms with Crippen LogP contribution < -0.4 is 4.90 Å². The normalized spacial score (nSPS) is 14.1. The third-order valence-corrected chi connectivity index (χ3v) is 6.77. The molecule has 1 saturated heterocycles. The first kappa shape index (κ1) is 21.5. The highest BCUT2D eigenvalue weighted by Gasteiger charge is 2.23. The monoisotopic (exact) mass is 458 g/mol. The van der Waals surface area contributed by atoms with Gasteiger partial charge in [-0.05, 0) is 37.6 Å². The number of hydrogen-bond acceptors (Lipinski definition) is 6. The average Bonchev–Trinajstić information content (AvgIpc) is 3.22. The van der Waals surface area contributed by atoms with Crippen molar-refractivity contribution in [1.29, 1.82) is 0 Å². The molecule has 1 aliphatic rings. The SMILES string of the molecule is Cc1cc(C)c2c(-c3ccccc3)nc(SCC(=O)N3CCN(c4ccccn4)CC3)n2n1. The van der Waals surface area contributed by atoms with Crippen LogP contribution in [0.2, 0.25) is 0 Å². The van der Waals surface area contributed by atoms with Crippen LogP contribution in [0, 0.1) is 13.8 Å². The number of aromatic nitrogens is 4. The van der Waals surface area contributed by atoms with Gasteiger partial charge in [0.05, 0.1) is 22.7 Å². The fourth-order valence-electron chi connectivity index (χ4n) is 4.24. The maximum absolute atomic E-state index is 13.0. The van der Waals surface area contributed by atoms with Crippen LogP contribution in [0.3, 0.4) is 0 Å². The van der Waals surface area contributed by atoms with E-state index in [-0.39, 0.29) is 5.91 Å². The van der Waals surface area contributed by atoms with E-state index in [0.29, 0.717) is 18.8 Å². The molecule has 4 heterocycles. The third-order valence-electron chi connectivity index (χ3n) is 5.86. The minimum absolute atomic E-state index is 0.128. The lowest BCUT2D eigenvalue weighted by atomic mass is 10.1. The van der Waals surface area contributed by atoms with E-state index in [4.69, 9.17) is 10.1 Å². The molecular weight excluding hydrogens is 432 g/mol. The Balaban J connectivity index is 1.31. The number of amides is 1. The summed E-state index contributed by atoms with van der Waals surface area (Å²) in [6.07, 6.45) is 1.81. The zero-order valence-electron chi connectivity index (χ0n) is 18.8. The first-order valence-corrected chi connectivity index (χ1v) is 12.1. The molecule has 0 unspecified atom stereocenters. The fourth-order valence-corrected chi connectivity index (χ4v) is 5.09. The van der Waals surface area contributed by atoms with Crippen LogP contribution >= 0.6 is 11.8 Å². The summed E-state index contributed by atoms with van der Waals surface area (Å²) in [7, 11) is 0. The number of hydrogen-bond donors (Lipinski definition) is 0. The predicted octanol–water partition coefficient (Wildman–Crippen LogP) is 3.85. The number of carbonyl (C=O) groups excluding carboxylic acids is 1. The number of aryl methyl sites for hydroxylation is 2. The number of fused-ring (bicyclic) bond motifs is 1. The first-order valence-electron chi connectivity index (χ1n) is 11.1. The van der Waals surface area contributed by atoms with Gasteiger partial charge in [-0.1, -0.05) is 48.2 Å². The van der Waals surface area contributed by atoms with Crippen molar-refractivity contribution in [2.24, 2.45) is 0 Å². The highest BCUT2D eigenvalue weighted by molar-refractivity contribution is 7.99. The molecule has 33 heavy (non-hydrogen) atoms. The summed E-state index contributed by atoms with van der Waals surface area (Å²) in [5.74, 6) is 1.43. The molecule has 0 aliphatic carbocycles. The Morgan fingerprint density at radius 2 is 1.76 bits per heavy atom. The number of pyridine rings is 1. The zero-order chi connectivity index (χ0) is 22.8. The van der Waals surface area contributed by atoms with Crippen molar-refractivity contribution in [2.75, 3.05) is 36.8 Å². The van der Waals surface area contributed by atoms with E-state index >= 15 is 0 Å². The molecular formula is C25H26N6OS. The number of piperazine rings is 1. The Kier molecular flexibility index (Phi) is 6.00. The summed E-state index contributed by atoms with van der Waals surface area (Å²) in [6.45, 7) is 7.04. The summed E-state index contributed by atoms with van der Waals surface area (Å²) in [6, 6.07) is 18.1. The second-order valence-electron chi connectivity index (χ2n) is 8.18. The summed E-state index contributed by atoms with van der Waals surface area (Å²) < 4.78 is 1.89. The van der Waals surface area contributed by atoms with Gasteiger partial charge in [0.25, 0.3) is 0 Å². The van der Waals surface area contributed by atoms with Gasteiger partial charge in [0.1, 0.15) is 5.82 Å². The Labute approximate surface area is 197 Å². The third kappa shape index (κ3) is 4.43. The van der Waals surface area contributed by atoms with Gasteiger partial charge in [0, 0.05) is 37.9 Å². The molecule has 8 heteroatoms. The molecule has 1 amide bonds. The van der Waals surface area contributed by atoms with E-state index in [9.17, 15) is 4.79 Å². The standard InChI is InChI=1S/C25H26N6OS/c1-18-16-19(2)28-31-24(18)23(20-8-4-3-5-9-20)27-25(31)33-17-22(32)30-14-12-29(13-15-30)21-10-6-7-11-26-21/h3-11,16H,12-15,17H2,1-2H3. The van der Waals surface area contributed by atoms with Crippen molar-refractivity contribution in [3.8, 4) is 11.3 Å². The molecule has 0 saturated carbocycles. The molecule has 3 aromatic heterocycles. The molecule has 1 fully saturated rings. The molecule has 4 aromatic rings. The van der Waals surface area contributed by atoms with Crippen molar-refractivity contribution in [1.82, 2.24) is 24.5 Å². The first-order chi connectivity index (χ1) is 16.1. The summed E-state index contributed by atoms with van der Waals surface area (Å²) in [5.41, 5.74) is 4.99. The molecule has 0 bridgehead atoms.